The zero-order chi connectivity index (χ0) is 23.0. The molecular formula is C20H19BrClN3O6. The lowest BCUT2D eigenvalue weighted by molar-refractivity contribution is -0.384. The molecule has 0 saturated carbocycles. The van der Waals surface area contributed by atoms with Gasteiger partial charge in [-0.2, -0.15) is 0 Å². The maximum absolute atomic E-state index is 12.0. The van der Waals surface area contributed by atoms with Gasteiger partial charge in [-0.3, -0.25) is 24.5 Å². The van der Waals surface area contributed by atoms with Gasteiger partial charge in [-0.05, 0) is 59.1 Å². The number of nitro groups is 1. The average Bonchev–Trinajstić information content (AvgIpc) is 2.73. The van der Waals surface area contributed by atoms with Gasteiger partial charge in [0.25, 0.3) is 11.6 Å². The first-order valence-corrected chi connectivity index (χ1v) is 10.3. The van der Waals surface area contributed by atoms with E-state index >= 15 is 0 Å². The number of nitro benzene ring substituents is 1. The standard InChI is InChI=1S/C20H19BrClN3O6/c1-12-16(10-9-15(21)20(12)22)24-18(27)11-31-19(28)4-2-3-17(26)23-13-5-7-14(8-6-13)25(29)30/h5-10H,2-4,11H2,1H3,(H,23,26)(H,24,27). The van der Waals surface area contributed by atoms with Crippen LogP contribution in [0.1, 0.15) is 24.8 Å². The van der Waals surface area contributed by atoms with Crippen LogP contribution in [-0.2, 0) is 19.1 Å². The fourth-order valence-corrected chi connectivity index (χ4v) is 3.07. The number of carbonyl (C=O) groups is 3. The van der Waals surface area contributed by atoms with Crippen LogP contribution in [-0.4, -0.2) is 29.3 Å². The summed E-state index contributed by atoms with van der Waals surface area (Å²) in [6, 6.07) is 8.77. The Kier molecular flexibility index (Phi) is 8.95. The summed E-state index contributed by atoms with van der Waals surface area (Å²) in [5.74, 6) is -1.46. The molecule has 2 rings (SSSR count). The number of hydrogen-bond acceptors (Lipinski definition) is 6. The molecule has 164 valence electrons. The van der Waals surface area contributed by atoms with E-state index in [9.17, 15) is 24.5 Å². The molecule has 2 N–H and O–H groups in total. The van der Waals surface area contributed by atoms with Gasteiger partial charge in [-0.1, -0.05) is 11.6 Å². The first-order chi connectivity index (χ1) is 14.7. The maximum atomic E-state index is 12.0. The molecule has 0 spiro atoms. The molecule has 9 nitrogen and oxygen atoms in total. The number of nitrogens with one attached hydrogen (secondary N) is 2. The van der Waals surface area contributed by atoms with Gasteiger partial charge in [0.1, 0.15) is 0 Å². The first kappa shape index (κ1) is 24.3. The molecule has 0 heterocycles. The third-order valence-electron chi connectivity index (χ3n) is 4.12. The third kappa shape index (κ3) is 7.65. The number of benzene rings is 2. The Morgan fingerprint density at radius 1 is 1.06 bits per heavy atom. The van der Waals surface area contributed by atoms with Crippen molar-refractivity contribution >= 4 is 62.4 Å². The van der Waals surface area contributed by atoms with Crippen LogP contribution in [0.5, 0.6) is 0 Å². The molecule has 11 heteroatoms. The van der Waals surface area contributed by atoms with E-state index in [2.05, 4.69) is 26.6 Å². The SMILES string of the molecule is Cc1c(NC(=O)COC(=O)CCCC(=O)Nc2ccc([N+](=O)[O-])cc2)ccc(Br)c1Cl. The molecule has 31 heavy (non-hydrogen) atoms. The van der Waals surface area contributed by atoms with E-state index in [0.717, 1.165) is 0 Å². The van der Waals surface area contributed by atoms with Crippen LogP contribution in [0.3, 0.4) is 0 Å². The second-order valence-corrected chi connectivity index (χ2v) is 7.68. The Morgan fingerprint density at radius 2 is 1.74 bits per heavy atom. The lowest BCUT2D eigenvalue weighted by atomic mass is 10.2. The predicted molar refractivity (Wildman–Crippen MR) is 119 cm³/mol. The Morgan fingerprint density at radius 3 is 2.39 bits per heavy atom. The summed E-state index contributed by atoms with van der Waals surface area (Å²) in [6.07, 6.45) is 0.236. The molecule has 0 radical (unpaired) electrons. The number of ether oxygens (including phenoxy) is 1. The van der Waals surface area contributed by atoms with Crippen molar-refractivity contribution in [1.82, 2.24) is 0 Å². The van der Waals surface area contributed by atoms with Crippen molar-refractivity contribution in [3.05, 3.63) is 61.6 Å². The second kappa shape index (κ2) is 11.4. The van der Waals surface area contributed by atoms with Gasteiger partial charge in [0.15, 0.2) is 6.61 Å². The second-order valence-electron chi connectivity index (χ2n) is 6.45. The molecule has 0 aliphatic rings. The minimum Gasteiger partial charge on any atom is -0.456 e. The molecule has 0 fully saturated rings. The summed E-state index contributed by atoms with van der Waals surface area (Å²) >= 11 is 9.39. The number of rotatable bonds is 9. The number of hydrogen-bond donors (Lipinski definition) is 2. The molecule has 2 aromatic rings. The zero-order valence-corrected chi connectivity index (χ0v) is 18.8. The van der Waals surface area contributed by atoms with Crippen LogP contribution < -0.4 is 10.6 Å². The normalized spacial score (nSPS) is 10.3. The van der Waals surface area contributed by atoms with Gasteiger partial charge >= 0.3 is 5.97 Å². The Balaban J connectivity index is 1.68. The highest BCUT2D eigenvalue weighted by Gasteiger charge is 2.13. The van der Waals surface area contributed by atoms with Crippen LogP contribution in [0.4, 0.5) is 17.1 Å². The molecule has 0 aliphatic heterocycles. The highest BCUT2D eigenvalue weighted by Crippen LogP contribution is 2.30. The molecule has 2 aromatic carbocycles. The van der Waals surface area contributed by atoms with Crippen molar-refractivity contribution < 1.29 is 24.0 Å². The largest absolute Gasteiger partial charge is 0.456 e. The van der Waals surface area contributed by atoms with Crippen LogP contribution in [0.25, 0.3) is 0 Å². The van der Waals surface area contributed by atoms with Crippen molar-refractivity contribution in [3.8, 4) is 0 Å². The zero-order valence-electron chi connectivity index (χ0n) is 16.4. The summed E-state index contributed by atoms with van der Waals surface area (Å²) in [5.41, 5.74) is 1.52. The highest BCUT2D eigenvalue weighted by atomic mass is 79.9. The average molecular weight is 513 g/mol. The summed E-state index contributed by atoms with van der Waals surface area (Å²) < 4.78 is 5.62. The van der Waals surface area contributed by atoms with Crippen molar-refractivity contribution in [1.29, 1.82) is 0 Å². The van der Waals surface area contributed by atoms with Crippen molar-refractivity contribution in [3.63, 3.8) is 0 Å². The summed E-state index contributed by atoms with van der Waals surface area (Å²) in [5, 5.41) is 16.3. The van der Waals surface area contributed by atoms with Gasteiger partial charge in [0.05, 0.1) is 9.95 Å². The Bertz CT molecular complexity index is 997. The number of amides is 2. The lowest BCUT2D eigenvalue weighted by Gasteiger charge is -2.11. The number of anilines is 2. The van der Waals surface area contributed by atoms with E-state index in [0.29, 0.717) is 26.4 Å². The van der Waals surface area contributed by atoms with Gasteiger partial charge < -0.3 is 15.4 Å². The monoisotopic (exact) mass is 511 g/mol. The van der Waals surface area contributed by atoms with Crippen LogP contribution in [0, 0.1) is 17.0 Å². The number of carbonyl (C=O) groups excluding carboxylic acids is 3. The lowest BCUT2D eigenvalue weighted by Crippen LogP contribution is -2.21. The molecule has 0 atom stereocenters. The van der Waals surface area contributed by atoms with Crippen molar-refractivity contribution in [2.24, 2.45) is 0 Å². The molecule has 0 bridgehead atoms. The third-order valence-corrected chi connectivity index (χ3v) is 5.50. The molecule has 2 amide bonds. The molecule has 0 aromatic heterocycles. The number of nitrogens with zero attached hydrogens (tertiary/aromatic N) is 1. The van der Waals surface area contributed by atoms with E-state index in [1.807, 2.05) is 0 Å². The van der Waals surface area contributed by atoms with Gasteiger partial charge in [0, 0.05) is 40.8 Å². The van der Waals surface area contributed by atoms with Gasteiger partial charge in [0.2, 0.25) is 5.91 Å². The minimum atomic E-state index is -0.608. The van der Waals surface area contributed by atoms with E-state index in [1.54, 1.807) is 19.1 Å². The number of halogens is 2. The van der Waals surface area contributed by atoms with E-state index in [-0.39, 0.29) is 30.9 Å². The highest BCUT2D eigenvalue weighted by molar-refractivity contribution is 9.10. The minimum absolute atomic E-state index is 0.0376. The van der Waals surface area contributed by atoms with Crippen LogP contribution >= 0.6 is 27.5 Å². The predicted octanol–water partition coefficient (Wildman–Crippen LogP) is 4.61. The van der Waals surface area contributed by atoms with Crippen LogP contribution in [0.2, 0.25) is 5.02 Å². The Labute approximate surface area is 191 Å². The first-order valence-electron chi connectivity index (χ1n) is 9.11. The van der Waals surface area contributed by atoms with Gasteiger partial charge in [-0.15, -0.1) is 0 Å². The van der Waals surface area contributed by atoms with E-state index < -0.39 is 23.4 Å². The number of non-ortho nitro benzene ring substituents is 1. The van der Waals surface area contributed by atoms with E-state index in [1.165, 1.54) is 24.3 Å². The fourth-order valence-electron chi connectivity index (χ4n) is 2.48. The quantitative estimate of drug-likeness (QED) is 0.287. The Hall–Kier alpha value is -2.98. The molecular weight excluding hydrogens is 494 g/mol. The summed E-state index contributed by atoms with van der Waals surface area (Å²) in [6.45, 7) is 1.29. The van der Waals surface area contributed by atoms with Gasteiger partial charge in [-0.25, -0.2) is 0 Å². The van der Waals surface area contributed by atoms with Crippen LogP contribution in [0.15, 0.2) is 40.9 Å². The number of esters is 1. The summed E-state index contributed by atoms with van der Waals surface area (Å²) in [4.78, 5) is 45.7. The molecule has 0 unspecified atom stereocenters. The van der Waals surface area contributed by atoms with Crippen molar-refractivity contribution in [2.75, 3.05) is 17.2 Å². The molecule has 0 saturated heterocycles. The smallest absolute Gasteiger partial charge is 0.306 e. The van der Waals surface area contributed by atoms with Crippen molar-refractivity contribution in [2.45, 2.75) is 26.2 Å². The van der Waals surface area contributed by atoms with E-state index in [4.69, 9.17) is 16.3 Å². The fraction of sp³-hybridized carbons (Fsp3) is 0.250. The topological polar surface area (TPSA) is 128 Å². The summed E-state index contributed by atoms with van der Waals surface area (Å²) in [7, 11) is 0. The molecule has 0 aliphatic carbocycles. The maximum Gasteiger partial charge on any atom is 0.306 e.